The van der Waals surface area contributed by atoms with Crippen molar-refractivity contribution in [1.29, 1.82) is 0 Å². The zero-order valence-electron chi connectivity index (χ0n) is 26.8. The van der Waals surface area contributed by atoms with E-state index in [1.54, 1.807) is 6.92 Å². The summed E-state index contributed by atoms with van der Waals surface area (Å²) in [6, 6.07) is 0. The third kappa shape index (κ3) is 8.85. The second-order valence-corrected chi connectivity index (χ2v) is 13.2. The molecule has 0 aromatic heterocycles. The largest absolute Gasteiger partial charge is 0.481 e. The maximum Gasteiger partial charge on any atom is 0.338 e. The fourth-order valence-corrected chi connectivity index (χ4v) is 7.46. The van der Waals surface area contributed by atoms with Crippen LogP contribution in [0.15, 0.2) is 48.1 Å². The quantitative estimate of drug-likeness (QED) is 0.170. The van der Waals surface area contributed by atoms with Crippen LogP contribution in [0, 0.1) is 47.3 Å². The number of aliphatic carboxylic acids is 2. The Hall–Kier alpha value is -4.06. The molecule has 1 aliphatic heterocycles. The molecule has 0 aromatic rings. The number of hydrogen-bond donors (Lipinski definition) is 4. The van der Waals surface area contributed by atoms with Crippen LogP contribution in [0.2, 0.25) is 0 Å². The Kier molecular flexibility index (Phi) is 11.9. The van der Waals surface area contributed by atoms with Crippen molar-refractivity contribution in [1.82, 2.24) is 5.32 Å². The molecule has 9 unspecified atom stereocenters. The Labute approximate surface area is 273 Å². The van der Waals surface area contributed by atoms with E-state index in [4.69, 9.17) is 19.7 Å². The Morgan fingerprint density at radius 2 is 1.38 bits per heavy atom. The smallest absolute Gasteiger partial charge is 0.338 e. The average molecular weight is 656 g/mol. The number of imide groups is 1. The lowest BCUT2D eigenvalue weighted by atomic mass is 9.88. The van der Waals surface area contributed by atoms with Crippen molar-refractivity contribution in [2.75, 3.05) is 13.2 Å². The highest BCUT2D eigenvalue weighted by molar-refractivity contribution is 6.17. The van der Waals surface area contributed by atoms with Crippen LogP contribution in [0.5, 0.6) is 0 Å². The third-order valence-electron chi connectivity index (χ3n) is 9.82. The molecule has 3 fully saturated rings. The first-order chi connectivity index (χ1) is 22.3. The third-order valence-corrected chi connectivity index (χ3v) is 9.82. The van der Waals surface area contributed by atoms with Crippen LogP contribution in [-0.4, -0.2) is 69.8 Å². The molecule has 9 atom stereocenters. The number of carbonyl (C=O) groups is 6. The summed E-state index contributed by atoms with van der Waals surface area (Å²) in [4.78, 5) is 65.3. The van der Waals surface area contributed by atoms with Crippen LogP contribution < -0.4 is 5.32 Å². The van der Waals surface area contributed by atoms with Gasteiger partial charge >= 0.3 is 23.9 Å². The molecule has 0 saturated heterocycles. The number of allylic oxidation sites excluding steroid dienone is 5. The predicted octanol–water partition coefficient (Wildman–Crippen LogP) is 3.36. The lowest BCUT2D eigenvalue weighted by Crippen LogP contribution is -2.43. The monoisotopic (exact) mass is 655 g/mol. The van der Waals surface area contributed by atoms with Crippen molar-refractivity contribution < 1.29 is 53.6 Å². The minimum Gasteiger partial charge on any atom is -0.481 e. The van der Waals surface area contributed by atoms with Crippen LogP contribution >= 0.6 is 0 Å². The minimum atomic E-state index is -1.23. The summed E-state index contributed by atoms with van der Waals surface area (Å²) in [7, 11) is 0. The number of hydrogen-bond acceptors (Lipinski definition) is 9. The summed E-state index contributed by atoms with van der Waals surface area (Å²) in [5, 5.41) is 29.5. The van der Waals surface area contributed by atoms with Crippen molar-refractivity contribution in [3.05, 3.63) is 48.1 Å². The molecular formula is C35H45NO11. The zero-order chi connectivity index (χ0) is 34.3. The number of rotatable bonds is 8. The normalized spacial score (nSPS) is 34.0. The van der Waals surface area contributed by atoms with E-state index >= 15 is 0 Å². The molecular weight excluding hydrogens is 610 g/mol. The molecule has 12 nitrogen and oxygen atoms in total. The fourth-order valence-electron chi connectivity index (χ4n) is 7.46. The van der Waals surface area contributed by atoms with Gasteiger partial charge < -0.3 is 24.8 Å². The van der Waals surface area contributed by atoms with Gasteiger partial charge in [0.1, 0.15) is 0 Å². The van der Waals surface area contributed by atoms with Gasteiger partial charge in [-0.15, -0.1) is 0 Å². The number of fused-ring (bicyclic) bond motifs is 6. The number of esters is 2. The first kappa shape index (κ1) is 35.8. The molecule has 6 bridgehead atoms. The summed E-state index contributed by atoms with van der Waals surface area (Å²) < 4.78 is 9.62. The van der Waals surface area contributed by atoms with Gasteiger partial charge in [0, 0.05) is 17.6 Å². The van der Waals surface area contributed by atoms with E-state index in [0.29, 0.717) is 49.2 Å². The van der Waals surface area contributed by atoms with Gasteiger partial charge in [0.15, 0.2) is 5.60 Å². The summed E-state index contributed by atoms with van der Waals surface area (Å²) in [6.07, 6.45) is 19.5. The van der Waals surface area contributed by atoms with Crippen molar-refractivity contribution in [2.45, 2.75) is 70.8 Å². The van der Waals surface area contributed by atoms with E-state index in [2.05, 4.69) is 35.7 Å². The highest BCUT2D eigenvalue weighted by atomic mass is 16.5. The van der Waals surface area contributed by atoms with Gasteiger partial charge in [-0.1, -0.05) is 43.4 Å². The van der Waals surface area contributed by atoms with E-state index < -0.39 is 41.3 Å². The van der Waals surface area contributed by atoms with E-state index in [9.17, 15) is 33.9 Å². The minimum absolute atomic E-state index is 0.0171. The summed E-state index contributed by atoms with van der Waals surface area (Å²) in [6.45, 7) is 4.30. The lowest BCUT2D eigenvalue weighted by Gasteiger charge is -2.26. The Morgan fingerprint density at radius 3 is 1.72 bits per heavy atom. The Balaban J connectivity index is 0.000000143. The first-order valence-corrected chi connectivity index (χ1v) is 16.5. The number of carbonyl (C=O) groups excluding carboxylic acids is 4. The van der Waals surface area contributed by atoms with Crippen LogP contribution in [0.25, 0.3) is 0 Å². The van der Waals surface area contributed by atoms with E-state index in [1.807, 2.05) is 13.0 Å². The number of amides is 2. The van der Waals surface area contributed by atoms with Crippen LogP contribution in [0.1, 0.15) is 65.2 Å². The summed E-state index contributed by atoms with van der Waals surface area (Å²) in [5.74, 6) is -1.09. The predicted molar refractivity (Wildman–Crippen MR) is 167 cm³/mol. The highest BCUT2D eigenvalue weighted by Gasteiger charge is 2.53. The molecule has 7 rings (SSSR count). The van der Waals surface area contributed by atoms with Gasteiger partial charge in [0.05, 0.1) is 31.5 Å². The lowest BCUT2D eigenvalue weighted by molar-refractivity contribution is -0.167. The second-order valence-electron chi connectivity index (χ2n) is 13.2. The maximum absolute atomic E-state index is 11.5. The molecule has 4 N–H and O–H groups in total. The molecule has 12 heteroatoms. The first-order valence-electron chi connectivity index (χ1n) is 16.5. The van der Waals surface area contributed by atoms with Crippen molar-refractivity contribution >= 4 is 35.7 Å². The number of nitrogens with one attached hydrogen (secondary N) is 1. The topological polar surface area (TPSA) is 194 Å². The van der Waals surface area contributed by atoms with Gasteiger partial charge in [-0.3, -0.25) is 29.3 Å². The zero-order valence-corrected chi connectivity index (χ0v) is 26.8. The molecule has 0 spiro atoms. The van der Waals surface area contributed by atoms with E-state index in [-0.39, 0.29) is 29.7 Å². The number of aliphatic hydroxyl groups is 1. The molecule has 1 heterocycles. The van der Waals surface area contributed by atoms with Gasteiger partial charge in [0.25, 0.3) is 11.8 Å². The van der Waals surface area contributed by atoms with Crippen molar-refractivity contribution in [3.8, 4) is 0 Å². The standard InChI is InChI=1S/C10H14O3.C9H11NO4.2C8H10O2/c1-2-13-9(11)10(12)6-7-3-4-8(10)5-7;1-2-3-14-8(12)5-6-4-7(11)10-9(6)13;2*9-8(10)7-4-5-1-2-6(7)3-5/h3-4,7-8,12H,2,5-6H2,1H3;4H,2-3,5H2,1H3,(H,10,11,13);2*1-2,5-7H,3-4H2,(H,9,10). The van der Waals surface area contributed by atoms with Crippen LogP contribution in [0.3, 0.4) is 0 Å². The van der Waals surface area contributed by atoms with E-state index in [1.165, 1.54) is 0 Å². The Morgan fingerprint density at radius 1 is 0.809 bits per heavy atom. The fraction of sp³-hybridized carbons (Fsp3) is 0.600. The molecule has 3 saturated carbocycles. The molecule has 2 amide bonds. The SMILES string of the molecule is CCCOC(=O)CC1=CC(=O)NC1=O.CCOC(=O)C1(O)CC2C=CC1C2.O=C(O)C1CC2C=CC1C2.O=C(O)C1CC2C=CC1C2. The summed E-state index contributed by atoms with van der Waals surface area (Å²) >= 11 is 0. The molecule has 6 aliphatic carbocycles. The number of carboxylic acids is 2. The molecule has 0 radical (unpaired) electrons. The van der Waals surface area contributed by atoms with Crippen molar-refractivity contribution in [3.63, 3.8) is 0 Å². The average Bonchev–Trinajstić information content (AvgIpc) is 3.89. The molecule has 0 aromatic carbocycles. The highest BCUT2D eigenvalue weighted by Crippen LogP contribution is 2.47. The molecule has 256 valence electrons. The van der Waals surface area contributed by atoms with Gasteiger partial charge in [-0.05, 0) is 81.5 Å². The number of ether oxygens (including phenoxy) is 2. The van der Waals surface area contributed by atoms with Crippen LogP contribution in [0.4, 0.5) is 0 Å². The molecule has 47 heavy (non-hydrogen) atoms. The van der Waals surface area contributed by atoms with Gasteiger partial charge in [-0.25, -0.2) is 4.79 Å². The van der Waals surface area contributed by atoms with Gasteiger partial charge in [0.2, 0.25) is 0 Å². The second kappa shape index (κ2) is 15.7. The maximum atomic E-state index is 11.5. The number of carboxylic acid groups (broad SMARTS) is 2. The molecule has 7 aliphatic rings. The Bertz CT molecular complexity index is 1320. The van der Waals surface area contributed by atoms with Crippen LogP contribution in [-0.2, 0) is 38.2 Å². The summed E-state index contributed by atoms with van der Waals surface area (Å²) in [5.41, 5.74) is -1.06. The van der Waals surface area contributed by atoms with E-state index in [0.717, 1.165) is 44.6 Å². The van der Waals surface area contributed by atoms with Gasteiger partial charge in [-0.2, -0.15) is 0 Å². The van der Waals surface area contributed by atoms with Crippen molar-refractivity contribution in [2.24, 2.45) is 47.3 Å².